The Morgan fingerprint density at radius 3 is 2.09 bits per heavy atom. The van der Waals surface area contributed by atoms with E-state index in [1.54, 1.807) is 12.1 Å². The molecule has 0 unspecified atom stereocenters. The van der Waals surface area contributed by atoms with Crippen LogP contribution < -0.4 is 0 Å². The van der Waals surface area contributed by atoms with Crippen LogP contribution in [0, 0.1) is 0 Å². The molecule has 0 aromatic heterocycles. The van der Waals surface area contributed by atoms with Crippen molar-refractivity contribution in [2.24, 2.45) is 0 Å². The zero-order valence-electron chi connectivity index (χ0n) is 14.2. The summed E-state index contributed by atoms with van der Waals surface area (Å²) in [4.78, 5) is 11.3. The predicted molar refractivity (Wildman–Crippen MR) is 98.4 cm³/mol. The largest absolute Gasteiger partial charge is 0.478 e. The van der Waals surface area contributed by atoms with Gasteiger partial charge in [-0.1, -0.05) is 76.8 Å². The van der Waals surface area contributed by atoms with Crippen molar-refractivity contribution >= 4 is 28.9 Å². The molecule has 0 fully saturated rings. The Kier molecular flexibility index (Phi) is 9.28. The number of fused-ring (bicyclic) bond motifs is 1. The van der Waals surface area contributed by atoms with Crippen LogP contribution in [0.5, 0.6) is 0 Å². The molecule has 2 rings (SSSR count). The zero-order chi connectivity index (χ0) is 17.1. The lowest BCUT2D eigenvalue weighted by molar-refractivity contribution is 0.0699. The van der Waals surface area contributed by atoms with Crippen molar-refractivity contribution in [3.8, 4) is 0 Å². The number of hydrogen-bond acceptors (Lipinski definition) is 1. The van der Waals surface area contributed by atoms with E-state index in [4.69, 9.17) is 0 Å². The van der Waals surface area contributed by atoms with Gasteiger partial charge in [0.1, 0.15) is 0 Å². The molecule has 0 bridgehead atoms. The van der Waals surface area contributed by atoms with E-state index in [2.05, 4.69) is 6.58 Å². The van der Waals surface area contributed by atoms with Crippen LogP contribution >= 0.6 is 0 Å². The monoisotopic (exact) mass is 298 g/mol. The number of benzene rings is 2. The van der Waals surface area contributed by atoms with E-state index in [0.717, 1.165) is 21.9 Å². The Bertz CT molecular complexity index is 652. The quantitative estimate of drug-likeness (QED) is 0.725. The van der Waals surface area contributed by atoms with E-state index >= 15 is 0 Å². The standard InChI is InChI=1S/C16H14O2.2C2H6/c1-3-7-12-11(4-2)10-15(16(17)18)14-9-6-5-8-13(12)14;2*1-2/h3-10H,2H2,1H3,(H,17,18);2*1-2H3/b7-3-;;. The molecule has 0 heterocycles. The number of hydrogen-bond donors (Lipinski definition) is 1. The van der Waals surface area contributed by atoms with Crippen molar-refractivity contribution in [3.63, 3.8) is 0 Å². The molecule has 2 aromatic carbocycles. The van der Waals surface area contributed by atoms with E-state index in [9.17, 15) is 9.90 Å². The number of carbonyl (C=O) groups is 1. The molecule has 0 saturated carbocycles. The van der Waals surface area contributed by atoms with Gasteiger partial charge in [-0.25, -0.2) is 4.79 Å². The summed E-state index contributed by atoms with van der Waals surface area (Å²) in [6, 6.07) is 9.20. The molecule has 2 aromatic rings. The number of carboxylic acids is 1. The summed E-state index contributed by atoms with van der Waals surface area (Å²) in [6.07, 6.45) is 5.61. The molecule has 0 spiro atoms. The molecule has 0 radical (unpaired) electrons. The van der Waals surface area contributed by atoms with Crippen molar-refractivity contribution in [2.45, 2.75) is 34.6 Å². The van der Waals surface area contributed by atoms with E-state index in [-0.39, 0.29) is 0 Å². The van der Waals surface area contributed by atoms with Crippen LogP contribution in [-0.2, 0) is 0 Å². The van der Waals surface area contributed by atoms with Gasteiger partial charge in [-0.15, -0.1) is 0 Å². The molecule has 0 aliphatic rings. The summed E-state index contributed by atoms with van der Waals surface area (Å²) >= 11 is 0. The first-order valence-electron chi connectivity index (χ1n) is 7.73. The highest BCUT2D eigenvalue weighted by atomic mass is 16.4. The van der Waals surface area contributed by atoms with E-state index < -0.39 is 5.97 Å². The molecular weight excluding hydrogens is 272 g/mol. The highest BCUT2D eigenvalue weighted by Crippen LogP contribution is 2.28. The van der Waals surface area contributed by atoms with Gasteiger partial charge in [-0.2, -0.15) is 0 Å². The number of rotatable bonds is 3. The second-order valence-corrected chi connectivity index (χ2v) is 3.98. The lowest BCUT2D eigenvalue weighted by Crippen LogP contribution is -2.00. The summed E-state index contributed by atoms with van der Waals surface area (Å²) < 4.78 is 0. The lowest BCUT2D eigenvalue weighted by atomic mass is 9.94. The van der Waals surface area contributed by atoms with Gasteiger partial charge in [0.25, 0.3) is 0 Å². The molecule has 22 heavy (non-hydrogen) atoms. The average molecular weight is 298 g/mol. The first-order valence-corrected chi connectivity index (χ1v) is 7.73. The molecule has 118 valence electrons. The first kappa shape index (κ1) is 19.7. The van der Waals surface area contributed by atoms with Gasteiger partial charge in [0.2, 0.25) is 0 Å². The Morgan fingerprint density at radius 1 is 1.09 bits per heavy atom. The minimum atomic E-state index is -0.915. The normalized spacial score (nSPS) is 9.50. The van der Waals surface area contributed by atoms with Gasteiger partial charge in [-0.05, 0) is 34.9 Å². The highest BCUT2D eigenvalue weighted by Gasteiger charge is 2.12. The maximum Gasteiger partial charge on any atom is 0.336 e. The fourth-order valence-electron chi connectivity index (χ4n) is 2.12. The minimum Gasteiger partial charge on any atom is -0.478 e. The predicted octanol–water partition coefficient (Wildman–Crippen LogP) is 6.27. The summed E-state index contributed by atoms with van der Waals surface area (Å²) in [5, 5.41) is 11.0. The van der Waals surface area contributed by atoms with Gasteiger partial charge >= 0.3 is 5.97 Å². The van der Waals surface area contributed by atoms with Crippen LogP contribution in [0.1, 0.15) is 56.1 Å². The SMILES string of the molecule is C=Cc1cc(C(=O)O)c2ccccc2c1/C=C\C.CC.CC. The van der Waals surface area contributed by atoms with Crippen LogP contribution in [0.25, 0.3) is 22.9 Å². The number of carboxylic acid groups (broad SMARTS) is 1. The molecule has 0 aliphatic heterocycles. The third-order valence-electron chi connectivity index (χ3n) is 2.90. The van der Waals surface area contributed by atoms with Crippen LogP contribution in [0.15, 0.2) is 43.0 Å². The van der Waals surface area contributed by atoms with Gasteiger partial charge in [-0.3, -0.25) is 0 Å². The maximum absolute atomic E-state index is 11.3. The zero-order valence-corrected chi connectivity index (χ0v) is 14.2. The molecule has 0 atom stereocenters. The third-order valence-corrected chi connectivity index (χ3v) is 2.90. The molecule has 0 saturated heterocycles. The molecule has 0 aliphatic carbocycles. The highest BCUT2D eigenvalue weighted by molar-refractivity contribution is 6.07. The Balaban J connectivity index is 0.00000102. The molecular formula is C20H26O2. The maximum atomic E-state index is 11.3. The van der Waals surface area contributed by atoms with Gasteiger partial charge < -0.3 is 5.11 Å². The Hall–Kier alpha value is -2.35. The minimum absolute atomic E-state index is 0.314. The topological polar surface area (TPSA) is 37.3 Å². The molecule has 1 N–H and O–H groups in total. The first-order chi connectivity index (χ1) is 10.7. The van der Waals surface area contributed by atoms with Crippen molar-refractivity contribution in [2.75, 3.05) is 0 Å². The van der Waals surface area contributed by atoms with Crippen molar-refractivity contribution < 1.29 is 9.90 Å². The number of allylic oxidation sites excluding steroid dienone is 1. The van der Waals surface area contributed by atoms with Crippen LogP contribution in [0.3, 0.4) is 0 Å². The molecule has 2 nitrogen and oxygen atoms in total. The van der Waals surface area contributed by atoms with Crippen molar-refractivity contribution in [1.29, 1.82) is 0 Å². The van der Waals surface area contributed by atoms with Crippen molar-refractivity contribution in [3.05, 3.63) is 59.7 Å². The summed E-state index contributed by atoms with van der Waals surface area (Å²) in [7, 11) is 0. The van der Waals surface area contributed by atoms with Gasteiger partial charge in [0.05, 0.1) is 5.56 Å². The van der Waals surface area contributed by atoms with Gasteiger partial charge in [0.15, 0.2) is 0 Å². The summed E-state index contributed by atoms with van der Waals surface area (Å²) in [5.74, 6) is -0.915. The third kappa shape index (κ3) is 4.32. The smallest absolute Gasteiger partial charge is 0.336 e. The Labute approximate surface area is 133 Å². The fraction of sp³-hybridized carbons (Fsp3) is 0.250. The Morgan fingerprint density at radius 2 is 1.64 bits per heavy atom. The second-order valence-electron chi connectivity index (χ2n) is 3.98. The van der Waals surface area contributed by atoms with Crippen LogP contribution in [-0.4, -0.2) is 11.1 Å². The average Bonchev–Trinajstić information content (AvgIpc) is 2.58. The number of aromatic carboxylic acids is 1. The second kappa shape index (κ2) is 10.4. The lowest BCUT2D eigenvalue weighted by Gasteiger charge is -2.10. The van der Waals surface area contributed by atoms with Gasteiger partial charge in [0, 0.05) is 0 Å². The van der Waals surface area contributed by atoms with Crippen molar-refractivity contribution in [1.82, 2.24) is 0 Å². The summed E-state index contributed by atoms with van der Waals surface area (Å²) in [6.45, 7) is 13.7. The summed E-state index contributed by atoms with van der Waals surface area (Å²) in [5.41, 5.74) is 2.16. The van der Waals surface area contributed by atoms with E-state index in [1.807, 2.05) is 71.0 Å². The van der Waals surface area contributed by atoms with Crippen LogP contribution in [0.4, 0.5) is 0 Å². The van der Waals surface area contributed by atoms with Crippen LogP contribution in [0.2, 0.25) is 0 Å². The van der Waals surface area contributed by atoms with E-state index in [1.165, 1.54) is 0 Å². The molecule has 0 amide bonds. The fourth-order valence-corrected chi connectivity index (χ4v) is 2.12. The van der Waals surface area contributed by atoms with E-state index in [0.29, 0.717) is 5.56 Å². The molecule has 2 heteroatoms.